The molecule has 0 aromatic carbocycles. The van der Waals surface area contributed by atoms with E-state index in [1.54, 1.807) is 0 Å². The summed E-state index contributed by atoms with van der Waals surface area (Å²) in [4.78, 5) is 12.1. The molecule has 2 saturated heterocycles. The van der Waals surface area contributed by atoms with E-state index in [-0.39, 0.29) is 22.9 Å². The van der Waals surface area contributed by atoms with Crippen LogP contribution in [0.1, 0.15) is 85.5 Å². The number of carbonyl (C=O) groups excluding carboxylic acids is 1. The van der Waals surface area contributed by atoms with Crippen LogP contribution in [0, 0.1) is 40.4 Å². The zero-order valence-corrected chi connectivity index (χ0v) is 19.8. The Morgan fingerprint density at radius 1 is 1.03 bits per heavy atom. The molecule has 5 fully saturated rings. The molecule has 0 unspecified atom stereocenters. The Kier molecular flexibility index (Phi) is 4.34. The number of ether oxygens (including phenoxy) is 2. The largest absolute Gasteiger partial charge is 0.386 e. The fraction of sp³-hybridized carbons (Fsp3) is 0.889. The van der Waals surface area contributed by atoms with Gasteiger partial charge in [0.1, 0.15) is 5.60 Å². The summed E-state index contributed by atoms with van der Waals surface area (Å²) in [5.74, 6) is 2.08. The van der Waals surface area contributed by atoms with Crippen LogP contribution in [0.3, 0.4) is 0 Å². The third-order valence-electron chi connectivity index (χ3n) is 11.5. The molecule has 0 bridgehead atoms. The molecule has 4 nitrogen and oxygen atoms in total. The molecule has 4 heteroatoms. The van der Waals surface area contributed by atoms with Crippen molar-refractivity contribution in [3.63, 3.8) is 0 Å². The van der Waals surface area contributed by atoms with Crippen LogP contribution in [0.25, 0.3) is 0 Å². The highest BCUT2D eigenvalue weighted by Gasteiger charge is 2.76. The minimum atomic E-state index is -0.803. The van der Waals surface area contributed by atoms with E-state index in [0.29, 0.717) is 35.9 Å². The van der Waals surface area contributed by atoms with Gasteiger partial charge in [-0.25, -0.2) is 0 Å². The number of carbonyl (C=O) groups is 1. The van der Waals surface area contributed by atoms with E-state index >= 15 is 0 Å². The highest BCUT2D eigenvalue weighted by Crippen LogP contribution is 2.72. The van der Waals surface area contributed by atoms with Gasteiger partial charge in [-0.1, -0.05) is 33.3 Å². The number of allylic oxidation sites excluding steroid dienone is 1. The molecule has 6 rings (SSSR count). The highest BCUT2D eigenvalue weighted by atomic mass is 16.7. The molecule has 1 spiro atoms. The zero-order chi connectivity index (χ0) is 21.8. The maximum atomic E-state index is 12.4. The third-order valence-corrected chi connectivity index (χ3v) is 11.5. The summed E-state index contributed by atoms with van der Waals surface area (Å²) in [5, 5.41) is 12.4. The summed E-state index contributed by atoms with van der Waals surface area (Å²) < 4.78 is 13.1. The molecule has 4 aliphatic carbocycles. The Labute approximate surface area is 187 Å². The Hall–Kier alpha value is -0.710. The molecule has 0 radical (unpaired) electrons. The summed E-state index contributed by atoms with van der Waals surface area (Å²) in [6, 6.07) is 0. The second-order valence-corrected chi connectivity index (χ2v) is 12.6. The molecule has 31 heavy (non-hydrogen) atoms. The Morgan fingerprint density at radius 2 is 1.84 bits per heavy atom. The van der Waals surface area contributed by atoms with Gasteiger partial charge in [-0.2, -0.15) is 0 Å². The van der Waals surface area contributed by atoms with Crippen molar-refractivity contribution in [2.45, 2.75) is 103 Å². The standard InChI is InChI=1S/C27H40O4/c1-16-7-12-26(30-15-16)17(2)27(29)23(31-26)14-22-20-6-5-18-13-19(28)8-10-24(18,3)21(20)9-11-25(22,27)4/h13,16-17,20-23,29H,5-12,14-15H2,1-4H3/t16-,17-,20-,21+,22+,23+,24+,25+,26-,27-/m1/s1. The molecule has 0 amide bonds. The van der Waals surface area contributed by atoms with Crippen molar-refractivity contribution >= 4 is 5.78 Å². The number of hydrogen-bond acceptors (Lipinski definition) is 4. The minimum Gasteiger partial charge on any atom is -0.386 e. The Morgan fingerprint density at radius 3 is 2.58 bits per heavy atom. The molecule has 2 heterocycles. The van der Waals surface area contributed by atoms with Gasteiger partial charge < -0.3 is 14.6 Å². The van der Waals surface area contributed by atoms with Crippen molar-refractivity contribution in [3.8, 4) is 0 Å². The van der Waals surface area contributed by atoms with Crippen LogP contribution in [0.5, 0.6) is 0 Å². The van der Waals surface area contributed by atoms with Crippen LogP contribution < -0.4 is 0 Å². The van der Waals surface area contributed by atoms with E-state index < -0.39 is 11.4 Å². The first-order chi connectivity index (χ1) is 14.6. The molecular weight excluding hydrogens is 388 g/mol. The molecule has 0 aromatic heterocycles. The maximum absolute atomic E-state index is 12.4. The van der Waals surface area contributed by atoms with Crippen molar-refractivity contribution in [3.05, 3.63) is 11.6 Å². The van der Waals surface area contributed by atoms with E-state index in [1.165, 1.54) is 5.57 Å². The normalized spacial score (nSPS) is 58.4. The van der Waals surface area contributed by atoms with Gasteiger partial charge in [0.05, 0.1) is 12.7 Å². The number of aliphatic hydroxyl groups is 1. The minimum absolute atomic E-state index is 0.00554. The Balaban J connectivity index is 1.32. The molecule has 172 valence electrons. The zero-order valence-electron chi connectivity index (χ0n) is 19.8. The van der Waals surface area contributed by atoms with E-state index in [9.17, 15) is 9.90 Å². The van der Waals surface area contributed by atoms with Crippen LogP contribution in [0.2, 0.25) is 0 Å². The van der Waals surface area contributed by atoms with Crippen LogP contribution in [-0.4, -0.2) is 35.0 Å². The van der Waals surface area contributed by atoms with Gasteiger partial charge in [0.15, 0.2) is 11.6 Å². The van der Waals surface area contributed by atoms with E-state index in [4.69, 9.17) is 9.47 Å². The lowest BCUT2D eigenvalue weighted by Gasteiger charge is -2.59. The summed E-state index contributed by atoms with van der Waals surface area (Å²) in [6.07, 6.45) is 11.0. The summed E-state index contributed by atoms with van der Waals surface area (Å²) in [6.45, 7) is 9.98. The van der Waals surface area contributed by atoms with Gasteiger partial charge in [0.2, 0.25) is 0 Å². The number of ketones is 1. The molecule has 3 saturated carbocycles. The molecule has 0 aromatic rings. The molecular formula is C27H40O4. The first kappa shape index (κ1) is 20.9. The van der Waals surface area contributed by atoms with Crippen molar-refractivity contribution in [1.29, 1.82) is 0 Å². The van der Waals surface area contributed by atoms with Crippen LogP contribution >= 0.6 is 0 Å². The predicted octanol–water partition coefficient (Wildman–Crippen LogP) is 5.04. The number of hydrogen-bond donors (Lipinski definition) is 1. The van der Waals surface area contributed by atoms with Crippen molar-refractivity contribution in [2.75, 3.05) is 6.61 Å². The average molecular weight is 429 g/mol. The first-order valence-electron chi connectivity index (χ1n) is 12.9. The predicted molar refractivity (Wildman–Crippen MR) is 118 cm³/mol. The van der Waals surface area contributed by atoms with Crippen molar-refractivity contribution in [2.24, 2.45) is 40.4 Å². The fourth-order valence-electron chi connectivity index (χ4n) is 9.50. The van der Waals surface area contributed by atoms with E-state index in [2.05, 4.69) is 27.7 Å². The smallest absolute Gasteiger partial charge is 0.174 e. The third kappa shape index (κ3) is 2.45. The second kappa shape index (κ2) is 6.45. The first-order valence-corrected chi connectivity index (χ1v) is 12.9. The van der Waals surface area contributed by atoms with Crippen molar-refractivity contribution in [1.82, 2.24) is 0 Å². The van der Waals surface area contributed by atoms with Crippen LogP contribution in [0.15, 0.2) is 11.6 Å². The van der Waals surface area contributed by atoms with E-state index in [0.717, 1.165) is 58.0 Å². The lowest BCUT2D eigenvalue weighted by atomic mass is 9.45. The quantitative estimate of drug-likeness (QED) is 0.587. The number of fused-ring (bicyclic) bond motifs is 7. The van der Waals surface area contributed by atoms with Crippen LogP contribution in [-0.2, 0) is 14.3 Å². The summed E-state index contributed by atoms with van der Waals surface area (Å²) in [5.41, 5.74) is 0.673. The van der Waals surface area contributed by atoms with Gasteiger partial charge in [-0.05, 0) is 80.1 Å². The molecule has 6 aliphatic rings. The lowest BCUT2D eigenvalue weighted by Crippen LogP contribution is -2.59. The molecule has 1 N–H and O–H groups in total. The van der Waals surface area contributed by atoms with Crippen molar-refractivity contribution < 1.29 is 19.4 Å². The van der Waals surface area contributed by atoms with Gasteiger partial charge in [-0.3, -0.25) is 4.79 Å². The topological polar surface area (TPSA) is 55.8 Å². The fourth-order valence-corrected chi connectivity index (χ4v) is 9.50. The van der Waals surface area contributed by atoms with Crippen LogP contribution in [0.4, 0.5) is 0 Å². The summed E-state index contributed by atoms with van der Waals surface area (Å²) in [7, 11) is 0. The van der Waals surface area contributed by atoms with Gasteiger partial charge in [-0.15, -0.1) is 0 Å². The van der Waals surface area contributed by atoms with E-state index in [1.807, 2.05) is 6.08 Å². The monoisotopic (exact) mass is 428 g/mol. The Bertz CT molecular complexity index is 825. The second-order valence-electron chi connectivity index (χ2n) is 12.6. The summed E-state index contributed by atoms with van der Waals surface area (Å²) >= 11 is 0. The highest BCUT2D eigenvalue weighted by molar-refractivity contribution is 5.91. The van der Waals surface area contributed by atoms with Gasteiger partial charge >= 0.3 is 0 Å². The SMILES string of the molecule is C[C@@H]1CC[C@@]2(OC1)O[C@H]1C[C@H]3[C@@H]4CCC5=CC(=O)CC[C@]5(C)[C@H]4CC[C@]3(C)[C@@]1(O)[C@@H]2C. The average Bonchev–Trinajstić information content (AvgIpc) is 3.09. The van der Waals surface area contributed by atoms with Gasteiger partial charge in [0, 0.05) is 24.2 Å². The molecule has 2 aliphatic heterocycles. The lowest BCUT2D eigenvalue weighted by molar-refractivity contribution is -0.274. The molecule has 10 atom stereocenters. The maximum Gasteiger partial charge on any atom is 0.174 e. The van der Waals surface area contributed by atoms with Gasteiger partial charge in [0.25, 0.3) is 0 Å². The number of rotatable bonds is 0.